The van der Waals surface area contributed by atoms with Crippen LogP contribution in [-0.4, -0.2) is 30.3 Å². The van der Waals surface area contributed by atoms with Crippen LogP contribution in [0.15, 0.2) is 46.5 Å². The first-order chi connectivity index (χ1) is 14.5. The summed E-state index contributed by atoms with van der Waals surface area (Å²) in [5.41, 5.74) is 2.14. The fourth-order valence-electron chi connectivity index (χ4n) is 3.25. The van der Waals surface area contributed by atoms with Gasteiger partial charge >= 0.3 is 0 Å². The Morgan fingerprint density at radius 2 is 2.13 bits per heavy atom. The number of nitrogens with one attached hydrogen (secondary N) is 1. The molecule has 0 aliphatic carbocycles. The second kappa shape index (κ2) is 9.79. The topological polar surface area (TPSA) is 73.0 Å². The summed E-state index contributed by atoms with van der Waals surface area (Å²) in [7, 11) is 1.38. The Balaban J connectivity index is 1.99. The maximum absolute atomic E-state index is 13.7. The molecular formula is C21H20Cl2FN5O. The van der Waals surface area contributed by atoms with E-state index in [-0.39, 0.29) is 17.6 Å². The number of nitrogens with zero attached hydrogens (tertiary/aromatic N) is 4. The van der Waals surface area contributed by atoms with Crippen molar-refractivity contribution in [3.05, 3.63) is 57.8 Å². The van der Waals surface area contributed by atoms with Crippen molar-refractivity contribution in [1.29, 1.82) is 5.26 Å². The summed E-state index contributed by atoms with van der Waals surface area (Å²) in [4.78, 5) is 4.44. The van der Waals surface area contributed by atoms with Crippen LogP contribution in [0, 0.1) is 23.2 Å². The molecule has 1 heterocycles. The van der Waals surface area contributed by atoms with E-state index in [2.05, 4.69) is 17.2 Å². The minimum absolute atomic E-state index is 0.0674. The molecule has 1 aliphatic rings. The number of halogens is 3. The summed E-state index contributed by atoms with van der Waals surface area (Å²) >= 11 is 12.2. The molecule has 30 heavy (non-hydrogen) atoms. The van der Waals surface area contributed by atoms with Crippen molar-refractivity contribution in [2.45, 2.75) is 19.8 Å². The van der Waals surface area contributed by atoms with Gasteiger partial charge in [0, 0.05) is 12.0 Å². The van der Waals surface area contributed by atoms with Crippen LogP contribution in [0.4, 0.5) is 10.1 Å². The lowest BCUT2D eigenvalue weighted by molar-refractivity contribution is 0.386. The van der Waals surface area contributed by atoms with Gasteiger partial charge in [-0.1, -0.05) is 42.6 Å². The van der Waals surface area contributed by atoms with Crippen LogP contribution < -0.4 is 10.1 Å². The van der Waals surface area contributed by atoms with Crippen molar-refractivity contribution < 1.29 is 9.13 Å². The summed E-state index contributed by atoms with van der Waals surface area (Å²) in [6.07, 6.45) is 3.75. The highest BCUT2D eigenvalue weighted by molar-refractivity contribution is 6.42. The monoisotopic (exact) mass is 447 g/mol. The maximum Gasteiger partial charge on any atom is 0.233 e. The molecule has 3 rings (SSSR count). The van der Waals surface area contributed by atoms with Gasteiger partial charge in [0.25, 0.3) is 0 Å². The molecule has 0 amide bonds. The standard InChI is InChI=1S/C21H20Cl2FN5O/c1-3-4-14-11-29(28-20(14)13-5-7-16(22)17(23)9-13)21(26-12-25)27-15-6-8-18(24)19(10-15)30-2/h5-10,14H,3-4,11H2,1-2H3,(H,26,27). The summed E-state index contributed by atoms with van der Waals surface area (Å²) < 4.78 is 18.7. The molecule has 9 heteroatoms. The Kier molecular flexibility index (Phi) is 7.14. The number of benzene rings is 2. The molecule has 1 aliphatic heterocycles. The van der Waals surface area contributed by atoms with Crippen LogP contribution >= 0.6 is 23.2 Å². The van der Waals surface area contributed by atoms with Crippen LogP contribution in [0.2, 0.25) is 10.0 Å². The maximum atomic E-state index is 13.7. The van der Waals surface area contributed by atoms with Gasteiger partial charge in [0.15, 0.2) is 17.8 Å². The highest BCUT2D eigenvalue weighted by Crippen LogP contribution is 2.29. The van der Waals surface area contributed by atoms with Crippen molar-refractivity contribution in [3.63, 3.8) is 0 Å². The molecule has 0 aromatic heterocycles. The van der Waals surface area contributed by atoms with Gasteiger partial charge < -0.3 is 4.74 Å². The third-order valence-electron chi connectivity index (χ3n) is 4.64. The zero-order chi connectivity index (χ0) is 21.7. The predicted octanol–water partition coefficient (Wildman–Crippen LogP) is 5.34. The number of ether oxygens (including phenoxy) is 1. The van der Waals surface area contributed by atoms with Gasteiger partial charge in [-0.2, -0.15) is 10.4 Å². The zero-order valence-electron chi connectivity index (χ0n) is 16.5. The van der Waals surface area contributed by atoms with E-state index >= 15 is 0 Å². The van der Waals surface area contributed by atoms with Crippen LogP contribution in [0.3, 0.4) is 0 Å². The normalized spacial score (nSPS) is 16.3. The van der Waals surface area contributed by atoms with E-state index in [1.165, 1.54) is 25.3 Å². The number of aliphatic imine (C=N–C) groups is 1. The van der Waals surface area contributed by atoms with Gasteiger partial charge in [0.1, 0.15) is 0 Å². The van der Waals surface area contributed by atoms with Crippen LogP contribution in [0.25, 0.3) is 0 Å². The van der Waals surface area contributed by atoms with Crippen LogP contribution in [-0.2, 0) is 0 Å². The van der Waals surface area contributed by atoms with Crippen molar-refractivity contribution in [1.82, 2.24) is 10.3 Å². The van der Waals surface area contributed by atoms with E-state index in [1.807, 2.05) is 12.3 Å². The van der Waals surface area contributed by atoms with Crippen molar-refractivity contribution in [2.24, 2.45) is 16.0 Å². The first kappa shape index (κ1) is 21.9. The average molecular weight is 448 g/mol. The van der Waals surface area contributed by atoms with Gasteiger partial charge in [-0.25, -0.2) is 14.4 Å². The van der Waals surface area contributed by atoms with Crippen LogP contribution in [0.1, 0.15) is 25.3 Å². The van der Waals surface area contributed by atoms with Gasteiger partial charge in [-0.15, -0.1) is 0 Å². The first-order valence-electron chi connectivity index (χ1n) is 9.35. The van der Waals surface area contributed by atoms with Crippen molar-refractivity contribution >= 4 is 40.6 Å². The molecule has 0 bridgehead atoms. The SMILES string of the molecule is CCCC1CN(C(=Nc2ccc(F)c(OC)c2)NC#N)N=C1c1ccc(Cl)c(Cl)c1. The fraction of sp³-hybridized carbons (Fsp3) is 0.286. The fourth-order valence-corrected chi connectivity index (χ4v) is 3.55. The summed E-state index contributed by atoms with van der Waals surface area (Å²) in [6.45, 7) is 2.64. The molecule has 2 aromatic carbocycles. The number of guanidine groups is 1. The number of hydrogen-bond donors (Lipinski definition) is 1. The predicted molar refractivity (Wildman–Crippen MR) is 117 cm³/mol. The Morgan fingerprint density at radius 3 is 2.80 bits per heavy atom. The molecule has 0 radical (unpaired) electrons. The van der Waals surface area contributed by atoms with E-state index in [4.69, 9.17) is 33.0 Å². The number of nitriles is 1. The lowest BCUT2D eigenvalue weighted by Gasteiger charge is -2.16. The molecule has 156 valence electrons. The first-order valence-corrected chi connectivity index (χ1v) is 10.1. The molecule has 0 saturated carbocycles. The molecule has 6 nitrogen and oxygen atoms in total. The second-order valence-corrected chi connectivity index (χ2v) is 7.49. The van der Waals surface area contributed by atoms with E-state index < -0.39 is 5.82 Å². The van der Waals surface area contributed by atoms with E-state index in [0.29, 0.717) is 22.3 Å². The molecule has 1 unspecified atom stereocenters. The summed E-state index contributed by atoms with van der Waals surface area (Å²) in [6, 6.07) is 9.61. The average Bonchev–Trinajstić information content (AvgIpc) is 3.15. The lowest BCUT2D eigenvalue weighted by Crippen LogP contribution is -2.35. The lowest BCUT2D eigenvalue weighted by atomic mass is 9.93. The van der Waals surface area contributed by atoms with E-state index in [1.54, 1.807) is 17.1 Å². The van der Waals surface area contributed by atoms with Gasteiger partial charge in [-0.3, -0.25) is 5.32 Å². The molecule has 0 saturated heterocycles. The minimum Gasteiger partial charge on any atom is -0.494 e. The second-order valence-electron chi connectivity index (χ2n) is 6.67. The number of methoxy groups -OCH3 is 1. The van der Waals surface area contributed by atoms with E-state index in [9.17, 15) is 9.65 Å². The number of hydrogen-bond acceptors (Lipinski definition) is 4. The molecule has 1 N–H and O–H groups in total. The number of hydrazone groups is 1. The molecule has 2 aromatic rings. The molecular weight excluding hydrogens is 428 g/mol. The smallest absolute Gasteiger partial charge is 0.233 e. The van der Waals surface area contributed by atoms with Gasteiger partial charge in [0.05, 0.1) is 35.1 Å². The molecule has 0 spiro atoms. The van der Waals surface area contributed by atoms with Gasteiger partial charge in [0.2, 0.25) is 5.96 Å². The molecule has 0 fully saturated rings. The largest absolute Gasteiger partial charge is 0.494 e. The minimum atomic E-state index is -0.490. The third-order valence-corrected chi connectivity index (χ3v) is 5.38. The Bertz CT molecular complexity index is 1030. The highest BCUT2D eigenvalue weighted by atomic mass is 35.5. The van der Waals surface area contributed by atoms with Crippen LogP contribution in [0.5, 0.6) is 5.75 Å². The zero-order valence-corrected chi connectivity index (χ0v) is 18.0. The summed E-state index contributed by atoms with van der Waals surface area (Å²) in [5, 5.41) is 19.0. The third kappa shape index (κ3) is 4.84. The Hall–Kier alpha value is -2.82. The number of rotatable bonds is 5. The Morgan fingerprint density at radius 1 is 1.33 bits per heavy atom. The Labute approximate surface area is 184 Å². The quantitative estimate of drug-likeness (QED) is 0.290. The van der Waals surface area contributed by atoms with Crippen molar-refractivity contribution in [2.75, 3.05) is 13.7 Å². The van der Waals surface area contributed by atoms with Gasteiger partial charge in [-0.05, 0) is 36.2 Å². The highest BCUT2D eigenvalue weighted by Gasteiger charge is 2.30. The molecule has 1 atom stereocenters. The van der Waals surface area contributed by atoms with E-state index in [0.717, 1.165) is 24.1 Å². The summed E-state index contributed by atoms with van der Waals surface area (Å²) in [5.74, 6) is -0.0591. The van der Waals surface area contributed by atoms with Crippen molar-refractivity contribution in [3.8, 4) is 11.9 Å².